The van der Waals surface area contributed by atoms with Crippen LogP contribution in [0.3, 0.4) is 0 Å². The summed E-state index contributed by atoms with van der Waals surface area (Å²) >= 11 is 0. The van der Waals surface area contributed by atoms with E-state index in [0.717, 1.165) is 23.3 Å². The van der Waals surface area contributed by atoms with Gasteiger partial charge in [-0.3, -0.25) is 14.6 Å². The fourth-order valence-corrected chi connectivity index (χ4v) is 2.61. The Labute approximate surface area is 146 Å². The highest BCUT2D eigenvalue weighted by Gasteiger charge is 2.21. The fraction of sp³-hybridized carbons (Fsp3) is 0.263. The first-order valence-electron chi connectivity index (χ1n) is 8.31. The molecule has 25 heavy (non-hydrogen) atoms. The van der Waals surface area contributed by atoms with Crippen LogP contribution in [0.4, 0.5) is 0 Å². The Morgan fingerprint density at radius 1 is 1.08 bits per heavy atom. The minimum atomic E-state index is -0.149. The number of hydrogen-bond donors (Lipinski definition) is 1. The lowest BCUT2D eigenvalue weighted by atomic mass is 10.1. The van der Waals surface area contributed by atoms with E-state index in [4.69, 9.17) is 0 Å². The molecule has 6 heteroatoms. The van der Waals surface area contributed by atoms with Crippen molar-refractivity contribution in [2.45, 2.75) is 25.8 Å². The lowest BCUT2D eigenvalue weighted by Gasteiger charge is -2.11. The van der Waals surface area contributed by atoms with Gasteiger partial charge in [-0.25, -0.2) is 5.01 Å². The van der Waals surface area contributed by atoms with Crippen molar-refractivity contribution < 1.29 is 9.59 Å². The van der Waals surface area contributed by atoms with Gasteiger partial charge in [-0.15, -0.1) is 0 Å². The van der Waals surface area contributed by atoms with Gasteiger partial charge in [0, 0.05) is 38.2 Å². The zero-order valence-electron chi connectivity index (χ0n) is 13.9. The van der Waals surface area contributed by atoms with Gasteiger partial charge in [0.15, 0.2) is 0 Å². The van der Waals surface area contributed by atoms with Crippen LogP contribution in [-0.4, -0.2) is 34.1 Å². The quantitative estimate of drug-likeness (QED) is 0.878. The second-order valence-corrected chi connectivity index (χ2v) is 5.82. The highest BCUT2D eigenvalue weighted by Crippen LogP contribution is 2.14. The molecule has 2 heterocycles. The van der Waals surface area contributed by atoms with Crippen molar-refractivity contribution in [1.82, 2.24) is 15.3 Å². The fourth-order valence-electron chi connectivity index (χ4n) is 2.61. The molecule has 1 aromatic heterocycles. The molecule has 1 aliphatic rings. The van der Waals surface area contributed by atoms with E-state index < -0.39 is 0 Å². The summed E-state index contributed by atoms with van der Waals surface area (Å²) in [5.41, 5.74) is 2.88. The van der Waals surface area contributed by atoms with Crippen LogP contribution in [-0.2, 0) is 16.1 Å². The number of hydrogen-bond acceptors (Lipinski definition) is 4. The standard InChI is InChI=1S/C19H20N4O2/c24-18(21-14-15-5-4-11-20-13-15)8-9-19(25)23-12-10-17(22-23)16-6-2-1-3-7-16/h1-7,11,13H,8-10,12,14H2,(H,21,24). The first-order valence-corrected chi connectivity index (χ1v) is 8.31. The topological polar surface area (TPSA) is 74.7 Å². The molecule has 1 N–H and O–H groups in total. The number of nitrogens with zero attached hydrogens (tertiary/aromatic N) is 3. The average Bonchev–Trinajstić information content (AvgIpc) is 3.16. The van der Waals surface area contributed by atoms with Gasteiger partial charge in [0.25, 0.3) is 0 Å². The van der Waals surface area contributed by atoms with Crippen molar-refractivity contribution in [2.75, 3.05) is 6.54 Å². The minimum Gasteiger partial charge on any atom is -0.352 e. The number of pyridine rings is 1. The molecule has 1 aromatic carbocycles. The lowest BCUT2D eigenvalue weighted by molar-refractivity contribution is -0.133. The van der Waals surface area contributed by atoms with Crippen molar-refractivity contribution in [3.63, 3.8) is 0 Å². The van der Waals surface area contributed by atoms with Crippen molar-refractivity contribution in [1.29, 1.82) is 0 Å². The van der Waals surface area contributed by atoms with Gasteiger partial charge in [-0.2, -0.15) is 5.10 Å². The van der Waals surface area contributed by atoms with E-state index in [2.05, 4.69) is 15.4 Å². The summed E-state index contributed by atoms with van der Waals surface area (Å²) in [5.74, 6) is -0.272. The molecule has 0 saturated carbocycles. The number of rotatable bonds is 6. The van der Waals surface area contributed by atoms with Gasteiger partial charge in [-0.05, 0) is 17.2 Å². The van der Waals surface area contributed by atoms with Gasteiger partial charge in [0.2, 0.25) is 11.8 Å². The van der Waals surface area contributed by atoms with Crippen LogP contribution in [0.15, 0.2) is 60.0 Å². The SMILES string of the molecule is O=C(CCC(=O)N1CCC(c2ccccc2)=N1)NCc1cccnc1. The monoisotopic (exact) mass is 336 g/mol. The molecule has 6 nitrogen and oxygen atoms in total. The van der Waals surface area contributed by atoms with Crippen molar-refractivity contribution in [3.05, 3.63) is 66.0 Å². The third-order valence-corrected chi connectivity index (χ3v) is 3.98. The van der Waals surface area contributed by atoms with Crippen LogP contribution >= 0.6 is 0 Å². The van der Waals surface area contributed by atoms with Gasteiger partial charge >= 0.3 is 0 Å². The normalized spacial score (nSPS) is 13.4. The molecule has 0 unspecified atom stereocenters. The highest BCUT2D eigenvalue weighted by molar-refractivity contribution is 6.02. The number of carbonyl (C=O) groups is 2. The minimum absolute atomic E-state index is 0.123. The van der Waals surface area contributed by atoms with Crippen molar-refractivity contribution >= 4 is 17.5 Å². The van der Waals surface area contributed by atoms with E-state index in [9.17, 15) is 9.59 Å². The van der Waals surface area contributed by atoms with Crippen molar-refractivity contribution in [3.8, 4) is 0 Å². The maximum atomic E-state index is 12.2. The van der Waals surface area contributed by atoms with Gasteiger partial charge in [0.05, 0.1) is 12.3 Å². The van der Waals surface area contributed by atoms with Gasteiger partial charge in [-0.1, -0.05) is 36.4 Å². The van der Waals surface area contributed by atoms with Crippen LogP contribution in [0.25, 0.3) is 0 Å². The molecule has 128 valence electrons. The summed E-state index contributed by atoms with van der Waals surface area (Å²) in [4.78, 5) is 28.1. The summed E-state index contributed by atoms with van der Waals surface area (Å²) in [7, 11) is 0. The summed E-state index contributed by atoms with van der Waals surface area (Å²) in [6.07, 6.45) is 4.44. The number of carbonyl (C=O) groups excluding carboxylic acids is 2. The maximum absolute atomic E-state index is 12.2. The van der Waals surface area contributed by atoms with E-state index in [0.29, 0.717) is 13.1 Å². The Balaban J connectivity index is 1.45. The molecule has 0 atom stereocenters. The zero-order valence-corrected chi connectivity index (χ0v) is 13.9. The number of hydrazone groups is 1. The Kier molecular flexibility index (Phi) is 5.51. The number of nitrogens with one attached hydrogen (secondary N) is 1. The molecule has 0 aliphatic carbocycles. The second kappa shape index (κ2) is 8.19. The van der Waals surface area contributed by atoms with Crippen LogP contribution in [0.5, 0.6) is 0 Å². The Hall–Kier alpha value is -3.02. The predicted octanol–water partition coefficient (Wildman–Crippen LogP) is 2.11. The summed E-state index contributed by atoms with van der Waals surface area (Å²) < 4.78 is 0. The van der Waals surface area contributed by atoms with Crippen LogP contribution < -0.4 is 5.32 Å². The Bertz CT molecular complexity index is 760. The summed E-state index contributed by atoms with van der Waals surface area (Å²) in [6, 6.07) is 13.5. The van der Waals surface area contributed by atoms with Crippen LogP contribution in [0.2, 0.25) is 0 Å². The molecule has 2 amide bonds. The highest BCUT2D eigenvalue weighted by atomic mass is 16.2. The van der Waals surface area contributed by atoms with Crippen LogP contribution in [0.1, 0.15) is 30.4 Å². The predicted molar refractivity (Wildman–Crippen MR) is 94.6 cm³/mol. The first-order chi connectivity index (χ1) is 12.2. The largest absolute Gasteiger partial charge is 0.352 e. The van der Waals surface area contributed by atoms with E-state index in [1.54, 1.807) is 12.4 Å². The number of aromatic nitrogens is 1. The van der Waals surface area contributed by atoms with Crippen molar-refractivity contribution in [2.24, 2.45) is 5.10 Å². The lowest BCUT2D eigenvalue weighted by Crippen LogP contribution is -2.27. The Morgan fingerprint density at radius 3 is 2.68 bits per heavy atom. The third-order valence-electron chi connectivity index (χ3n) is 3.98. The molecule has 0 fully saturated rings. The number of amides is 2. The van der Waals surface area contributed by atoms with E-state index >= 15 is 0 Å². The first kappa shape index (κ1) is 16.8. The second-order valence-electron chi connectivity index (χ2n) is 5.82. The summed E-state index contributed by atoms with van der Waals surface area (Å²) in [5, 5.41) is 8.65. The number of benzene rings is 1. The molecular formula is C19H20N4O2. The van der Waals surface area contributed by atoms with Gasteiger partial charge in [0.1, 0.15) is 0 Å². The van der Waals surface area contributed by atoms with E-state index in [1.807, 2.05) is 42.5 Å². The molecule has 0 saturated heterocycles. The molecule has 0 radical (unpaired) electrons. The van der Waals surface area contributed by atoms with E-state index in [-0.39, 0.29) is 24.7 Å². The average molecular weight is 336 g/mol. The molecule has 3 rings (SSSR count). The zero-order chi connectivity index (χ0) is 17.5. The smallest absolute Gasteiger partial charge is 0.243 e. The maximum Gasteiger partial charge on any atom is 0.243 e. The van der Waals surface area contributed by atoms with E-state index in [1.165, 1.54) is 5.01 Å². The molecule has 1 aliphatic heterocycles. The van der Waals surface area contributed by atoms with Gasteiger partial charge < -0.3 is 5.32 Å². The molecule has 2 aromatic rings. The third kappa shape index (κ3) is 4.73. The molecule has 0 spiro atoms. The summed E-state index contributed by atoms with van der Waals surface area (Å²) in [6.45, 7) is 0.987. The molecular weight excluding hydrogens is 316 g/mol. The Morgan fingerprint density at radius 2 is 1.92 bits per heavy atom. The molecule has 0 bridgehead atoms. The van der Waals surface area contributed by atoms with Crippen LogP contribution in [0, 0.1) is 0 Å².